The molecule has 1 heterocycles. The molecule has 0 amide bonds. The highest BCUT2D eigenvalue weighted by molar-refractivity contribution is 5.69. The molecule has 1 rings (SSSR count). The van der Waals surface area contributed by atoms with Gasteiger partial charge < -0.3 is 39.4 Å². The van der Waals surface area contributed by atoms with Gasteiger partial charge >= 0.3 is 5.97 Å². The zero-order valence-electron chi connectivity index (χ0n) is 30.7. The van der Waals surface area contributed by atoms with Gasteiger partial charge in [0.1, 0.15) is 30.5 Å². The van der Waals surface area contributed by atoms with Gasteiger partial charge in [-0.2, -0.15) is 0 Å². The molecule has 0 aromatic rings. The molecule has 9 heteroatoms. The van der Waals surface area contributed by atoms with E-state index in [0.717, 1.165) is 38.5 Å². The predicted molar refractivity (Wildman–Crippen MR) is 192 cm³/mol. The number of allylic oxidation sites excluding steroid dienone is 2. The van der Waals surface area contributed by atoms with E-state index in [9.17, 15) is 25.2 Å². The van der Waals surface area contributed by atoms with Crippen LogP contribution in [-0.2, 0) is 23.7 Å². The first-order valence-electron chi connectivity index (χ1n) is 19.8. The zero-order valence-corrected chi connectivity index (χ0v) is 30.7. The van der Waals surface area contributed by atoms with Crippen molar-refractivity contribution in [2.45, 2.75) is 205 Å². The maximum atomic E-state index is 12.7. The molecule has 284 valence electrons. The van der Waals surface area contributed by atoms with E-state index >= 15 is 0 Å². The fraction of sp³-hybridized carbons (Fsp3) is 0.923. The van der Waals surface area contributed by atoms with Gasteiger partial charge in [-0.1, -0.05) is 142 Å². The lowest BCUT2D eigenvalue weighted by Crippen LogP contribution is -2.59. The molecule has 0 aliphatic carbocycles. The van der Waals surface area contributed by atoms with E-state index in [-0.39, 0.29) is 19.2 Å². The fourth-order valence-corrected chi connectivity index (χ4v) is 6.02. The van der Waals surface area contributed by atoms with Gasteiger partial charge in [0.2, 0.25) is 0 Å². The first kappa shape index (κ1) is 45.0. The number of esters is 1. The average molecular weight is 687 g/mol. The number of carbonyl (C=O) groups excluding carboxylic acids is 1. The molecule has 48 heavy (non-hydrogen) atoms. The number of ether oxygens (including phenoxy) is 4. The van der Waals surface area contributed by atoms with Crippen LogP contribution in [0.25, 0.3) is 0 Å². The number of hydrogen-bond acceptors (Lipinski definition) is 9. The molecular weight excluding hydrogens is 612 g/mol. The van der Waals surface area contributed by atoms with Gasteiger partial charge in [-0.05, 0) is 32.1 Å². The molecule has 0 bridgehead atoms. The minimum Gasteiger partial charge on any atom is -0.457 e. The first-order valence-corrected chi connectivity index (χ1v) is 19.8. The van der Waals surface area contributed by atoms with E-state index in [0.29, 0.717) is 13.0 Å². The molecule has 1 aliphatic heterocycles. The first-order chi connectivity index (χ1) is 23.4. The summed E-state index contributed by atoms with van der Waals surface area (Å²) in [5.41, 5.74) is 0. The van der Waals surface area contributed by atoms with Crippen LogP contribution in [0, 0.1) is 0 Å². The van der Waals surface area contributed by atoms with E-state index in [1.165, 1.54) is 109 Å². The molecule has 1 aliphatic rings. The van der Waals surface area contributed by atoms with E-state index in [1.807, 2.05) is 0 Å². The summed E-state index contributed by atoms with van der Waals surface area (Å²) in [6.45, 7) is 4.49. The number of carbonyl (C=O) groups is 1. The highest BCUT2D eigenvalue weighted by atomic mass is 16.7. The quantitative estimate of drug-likeness (QED) is 0.0311. The van der Waals surface area contributed by atoms with Crippen molar-refractivity contribution in [1.29, 1.82) is 0 Å². The Morgan fingerprint density at radius 3 is 1.77 bits per heavy atom. The summed E-state index contributed by atoms with van der Waals surface area (Å²) in [6.07, 6.45) is 25.2. The summed E-state index contributed by atoms with van der Waals surface area (Å²) in [5, 5.41) is 39.9. The monoisotopic (exact) mass is 687 g/mol. The van der Waals surface area contributed by atoms with Gasteiger partial charge in [-0.25, -0.2) is 0 Å². The Hall–Kier alpha value is -1.07. The highest BCUT2D eigenvalue weighted by Gasteiger charge is 2.44. The Labute approximate surface area is 293 Å². The van der Waals surface area contributed by atoms with Crippen molar-refractivity contribution in [1.82, 2.24) is 0 Å². The van der Waals surface area contributed by atoms with Crippen molar-refractivity contribution in [2.24, 2.45) is 0 Å². The molecule has 0 spiro atoms. The number of hydrogen-bond donors (Lipinski definition) is 4. The van der Waals surface area contributed by atoms with Crippen LogP contribution in [0.15, 0.2) is 12.2 Å². The summed E-state index contributed by atoms with van der Waals surface area (Å²) in [6, 6.07) is 0. The Balaban J connectivity index is 2.31. The summed E-state index contributed by atoms with van der Waals surface area (Å²) in [4.78, 5) is 12.7. The lowest BCUT2D eigenvalue weighted by atomic mass is 9.99. The molecule has 0 radical (unpaired) electrons. The molecule has 6 atom stereocenters. The second-order valence-corrected chi connectivity index (χ2v) is 13.7. The maximum Gasteiger partial charge on any atom is 0.306 e. The van der Waals surface area contributed by atoms with Crippen LogP contribution < -0.4 is 0 Å². The Morgan fingerprint density at radius 2 is 1.19 bits per heavy atom. The Morgan fingerprint density at radius 1 is 0.646 bits per heavy atom. The minimum absolute atomic E-state index is 0.111. The zero-order chi connectivity index (χ0) is 35.1. The summed E-state index contributed by atoms with van der Waals surface area (Å²) < 4.78 is 22.7. The smallest absolute Gasteiger partial charge is 0.306 e. The van der Waals surface area contributed by atoms with Crippen LogP contribution in [0.3, 0.4) is 0 Å². The third-order valence-corrected chi connectivity index (χ3v) is 9.16. The van der Waals surface area contributed by atoms with E-state index < -0.39 is 43.4 Å². The SMILES string of the molecule is CCC/C=C\CCCCCCCCOCC(COC1OC(CO)C(O)C(O)C1O)OC(=O)CCCCCCCCCCCCCCCC. The standard InChI is InChI=1S/C39H74O9/c1-3-5-7-9-11-13-15-16-17-18-20-22-24-26-28-35(41)47-33(32-46-39-38(44)37(43)36(42)34(30-40)48-39)31-45-29-27-25-23-21-19-14-12-10-8-6-4-2/h8,10,33-34,36-40,42-44H,3-7,9,11-32H2,1-2H3/b10-8-. The molecule has 1 fully saturated rings. The van der Waals surface area contributed by atoms with E-state index in [1.54, 1.807) is 0 Å². The average Bonchev–Trinajstić information content (AvgIpc) is 3.08. The van der Waals surface area contributed by atoms with Gasteiger partial charge in [0, 0.05) is 13.0 Å². The number of unbranched alkanes of at least 4 members (excludes halogenated alkanes) is 20. The third-order valence-electron chi connectivity index (χ3n) is 9.16. The maximum absolute atomic E-state index is 12.7. The van der Waals surface area contributed by atoms with Crippen molar-refractivity contribution in [3.63, 3.8) is 0 Å². The molecule has 0 saturated carbocycles. The highest BCUT2D eigenvalue weighted by Crippen LogP contribution is 2.22. The van der Waals surface area contributed by atoms with Crippen molar-refractivity contribution < 1.29 is 44.2 Å². The molecule has 6 unspecified atom stereocenters. The Bertz CT molecular complexity index is 747. The molecule has 9 nitrogen and oxygen atoms in total. The largest absolute Gasteiger partial charge is 0.457 e. The predicted octanol–water partition coefficient (Wildman–Crippen LogP) is 7.69. The normalized spacial score (nSPS) is 22.0. The van der Waals surface area contributed by atoms with Crippen LogP contribution in [0.5, 0.6) is 0 Å². The van der Waals surface area contributed by atoms with Gasteiger partial charge in [-0.3, -0.25) is 4.79 Å². The van der Waals surface area contributed by atoms with Crippen LogP contribution >= 0.6 is 0 Å². The minimum atomic E-state index is -1.53. The van der Waals surface area contributed by atoms with Crippen molar-refractivity contribution in [2.75, 3.05) is 26.4 Å². The molecule has 4 N–H and O–H groups in total. The second kappa shape index (κ2) is 31.9. The van der Waals surface area contributed by atoms with Crippen LogP contribution in [0.2, 0.25) is 0 Å². The summed E-state index contributed by atoms with van der Waals surface area (Å²) in [7, 11) is 0. The summed E-state index contributed by atoms with van der Waals surface area (Å²) >= 11 is 0. The van der Waals surface area contributed by atoms with Gasteiger partial charge in [0.05, 0.1) is 19.8 Å². The number of aliphatic hydroxyl groups excluding tert-OH is 4. The second-order valence-electron chi connectivity index (χ2n) is 13.7. The van der Waals surface area contributed by atoms with Gasteiger partial charge in [0.25, 0.3) is 0 Å². The van der Waals surface area contributed by atoms with E-state index in [4.69, 9.17) is 18.9 Å². The van der Waals surface area contributed by atoms with Crippen molar-refractivity contribution in [3.05, 3.63) is 12.2 Å². The third kappa shape index (κ3) is 23.4. The van der Waals surface area contributed by atoms with Gasteiger partial charge in [0.15, 0.2) is 6.29 Å². The van der Waals surface area contributed by atoms with Crippen molar-refractivity contribution >= 4 is 5.97 Å². The fourth-order valence-electron chi connectivity index (χ4n) is 6.02. The van der Waals surface area contributed by atoms with Crippen LogP contribution in [0.4, 0.5) is 0 Å². The lowest BCUT2D eigenvalue weighted by molar-refractivity contribution is -0.305. The number of aliphatic hydroxyl groups is 4. The molecule has 0 aromatic carbocycles. The topological polar surface area (TPSA) is 135 Å². The van der Waals surface area contributed by atoms with Crippen LogP contribution in [0.1, 0.15) is 168 Å². The van der Waals surface area contributed by atoms with Gasteiger partial charge in [-0.15, -0.1) is 0 Å². The molecular formula is C39H74O9. The summed E-state index contributed by atoms with van der Waals surface area (Å²) in [5.74, 6) is -0.315. The van der Waals surface area contributed by atoms with Crippen LogP contribution in [-0.4, -0.2) is 89.6 Å². The Kier molecular flexibility index (Phi) is 29.9. The van der Waals surface area contributed by atoms with Crippen molar-refractivity contribution in [3.8, 4) is 0 Å². The van der Waals surface area contributed by atoms with E-state index in [2.05, 4.69) is 26.0 Å². The number of rotatable bonds is 33. The molecule has 0 aromatic heterocycles. The lowest BCUT2D eigenvalue weighted by Gasteiger charge is -2.39. The molecule has 1 saturated heterocycles.